The number of rotatable bonds is 14. The number of aliphatic carboxylic acids is 1. The number of thioether (sulfide) groups is 1. The number of H-pyrrole nitrogens is 1. The van der Waals surface area contributed by atoms with Crippen molar-refractivity contribution >= 4 is 35.5 Å². The lowest BCUT2D eigenvalue weighted by atomic mass is 9.97. The van der Waals surface area contributed by atoms with Gasteiger partial charge in [0.15, 0.2) is 0 Å². The van der Waals surface area contributed by atoms with Crippen LogP contribution in [0.5, 0.6) is 0 Å². The van der Waals surface area contributed by atoms with E-state index in [1.807, 2.05) is 13.2 Å². The van der Waals surface area contributed by atoms with E-state index >= 15 is 0 Å². The van der Waals surface area contributed by atoms with Crippen molar-refractivity contribution in [2.45, 2.75) is 64.2 Å². The summed E-state index contributed by atoms with van der Waals surface area (Å²) < 4.78 is 0. The summed E-state index contributed by atoms with van der Waals surface area (Å²) in [6, 6.07) is -3.86. The second-order valence-corrected chi connectivity index (χ2v) is 8.67. The maximum Gasteiger partial charge on any atom is 0.326 e. The van der Waals surface area contributed by atoms with Gasteiger partial charge in [-0.1, -0.05) is 20.3 Å². The Morgan fingerprint density at radius 3 is 2.28 bits per heavy atom. The Morgan fingerprint density at radius 1 is 1.12 bits per heavy atom. The van der Waals surface area contributed by atoms with Gasteiger partial charge in [0.2, 0.25) is 17.7 Å². The van der Waals surface area contributed by atoms with Crippen LogP contribution in [0.25, 0.3) is 0 Å². The SMILES string of the molecule is CCC(C)C(NC(=O)C(Cc1cnc[nH]1)NC(=O)C(C)N)C(=O)NC(CCSC)C(=O)O. The first-order valence-electron chi connectivity index (χ1n) is 10.5. The number of hydrogen-bond acceptors (Lipinski definition) is 7. The van der Waals surface area contributed by atoms with E-state index in [4.69, 9.17) is 5.73 Å². The van der Waals surface area contributed by atoms with Crippen molar-refractivity contribution in [3.63, 3.8) is 0 Å². The Hall–Kier alpha value is -2.60. The van der Waals surface area contributed by atoms with Crippen molar-refractivity contribution in [3.05, 3.63) is 18.2 Å². The van der Waals surface area contributed by atoms with Crippen LogP contribution >= 0.6 is 11.8 Å². The fraction of sp³-hybridized carbons (Fsp3) is 0.650. The van der Waals surface area contributed by atoms with Crippen LogP contribution in [0.4, 0.5) is 0 Å². The number of nitrogens with zero attached hydrogens (tertiary/aromatic N) is 1. The van der Waals surface area contributed by atoms with Crippen LogP contribution in [0.2, 0.25) is 0 Å². The number of imidazole rings is 1. The zero-order chi connectivity index (χ0) is 24.3. The second-order valence-electron chi connectivity index (χ2n) is 7.68. The highest BCUT2D eigenvalue weighted by atomic mass is 32.2. The molecule has 32 heavy (non-hydrogen) atoms. The Labute approximate surface area is 192 Å². The van der Waals surface area contributed by atoms with Crippen LogP contribution in [-0.4, -0.2) is 74.9 Å². The Morgan fingerprint density at radius 2 is 1.78 bits per heavy atom. The molecule has 0 radical (unpaired) electrons. The molecule has 0 saturated carbocycles. The molecule has 11 nitrogen and oxygen atoms in total. The highest BCUT2D eigenvalue weighted by Gasteiger charge is 2.32. The van der Waals surface area contributed by atoms with Crippen LogP contribution in [0.15, 0.2) is 12.5 Å². The summed E-state index contributed by atoms with van der Waals surface area (Å²) in [5.74, 6) is -2.52. The third-order valence-electron chi connectivity index (χ3n) is 5.04. The molecule has 180 valence electrons. The zero-order valence-electron chi connectivity index (χ0n) is 18.9. The van der Waals surface area contributed by atoms with Gasteiger partial charge in [-0.05, 0) is 31.3 Å². The van der Waals surface area contributed by atoms with Gasteiger partial charge in [-0.2, -0.15) is 11.8 Å². The second kappa shape index (κ2) is 13.7. The summed E-state index contributed by atoms with van der Waals surface area (Å²) in [7, 11) is 0. The number of carboxylic acids is 1. The molecule has 5 unspecified atom stereocenters. The summed E-state index contributed by atoms with van der Waals surface area (Å²) in [6.45, 7) is 5.14. The van der Waals surface area contributed by atoms with Crippen molar-refractivity contribution in [1.82, 2.24) is 25.9 Å². The normalized spacial score (nSPS) is 15.7. The predicted octanol–water partition coefficient (Wildman–Crippen LogP) is -0.362. The van der Waals surface area contributed by atoms with Crippen LogP contribution in [0, 0.1) is 5.92 Å². The third kappa shape index (κ3) is 8.87. The molecular formula is C20H34N6O5S. The average molecular weight is 471 g/mol. The van der Waals surface area contributed by atoms with E-state index in [0.29, 0.717) is 17.9 Å². The fourth-order valence-electron chi connectivity index (χ4n) is 2.84. The first-order chi connectivity index (χ1) is 15.1. The van der Waals surface area contributed by atoms with Gasteiger partial charge in [0.1, 0.15) is 18.1 Å². The summed E-state index contributed by atoms with van der Waals surface area (Å²) in [4.78, 5) is 56.4. The molecule has 0 fully saturated rings. The number of nitrogens with one attached hydrogen (secondary N) is 4. The van der Waals surface area contributed by atoms with E-state index in [1.54, 1.807) is 6.92 Å². The maximum absolute atomic E-state index is 13.1. The maximum atomic E-state index is 13.1. The quantitative estimate of drug-likeness (QED) is 0.213. The van der Waals surface area contributed by atoms with Crippen LogP contribution in [0.1, 0.15) is 39.3 Å². The zero-order valence-corrected chi connectivity index (χ0v) is 19.7. The minimum atomic E-state index is -1.14. The van der Waals surface area contributed by atoms with Gasteiger partial charge in [0.25, 0.3) is 0 Å². The molecule has 0 aliphatic rings. The topological polar surface area (TPSA) is 179 Å². The highest BCUT2D eigenvalue weighted by molar-refractivity contribution is 7.98. The Balaban J connectivity index is 3.01. The lowest BCUT2D eigenvalue weighted by molar-refractivity contribution is -0.142. The van der Waals surface area contributed by atoms with E-state index in [0.717, 1.165) is 0 Å². The molecule has 7 N–H and O–H groups in total. The largest absolute Gasteiger partial charge is 0.480 e. The number of aromatic amines is 1. The van der Waals surface area contributed by atoms with Crippen LogP contribution < -0.4 is 21.7 Å². The summed E-state index contributed by atoms with van der Waals surface area (Å²) in [5, 5.41) is 17.2. The third-order valence-corrected chi connectivity index (χ3v) is 5.69. The molecule has 0 aromatic carbocycles. The van der Waals surface area contributed by atoms with E-state index in [2.05, 4.69) is 25.9 Å². The summed E-state index contributed by atoms with van der Waals surface area (Å²) in [5.41, 5.74) is 6.23. The van der Waals surface area contributed by atoms with Crippen molar-refractivity contribution < 1.29 is 24.3 Å². The van der Waals surface area contributed by atoms with Crippen molar-refractivity contribution in [2.24, 2.45) is 11.7 Å². The molecule has 0 aliphatic heterocycles. The van der Waals surface area contributed by atoms with Crippen molar-refractivity contribution in [3.8, 4) is 0 Å². The van der Waals surface area contributed by atoms with Gasteiger partial charge in [-0.15, -0.1) is 0 Å². The minimum absolute atomic E-state index is 0.116. The van der Waals surface area contributed by atoms with Crippen LogP contribution in [0.3, 0.4) is 0 Å². The molecule has 3 amide bonds. The van der Waals surface area contributed by atoms with E-state index in [1.165, 1.54) is 31.2 Å². The van der Waals surface area contributed by atoms with Gasteiger partial charge in [-0.3, -0.25) is 14.4 Å². The number of nitrogens with two attached hydrogens (primary N) is 1. The molecule has 1 rings (SSSR count). The van der Waals surface area contributed by atoms with Crippen molar-refractivity contribution in [1.29, 1.82) is 0 Å². The predicted molar refractivity (Wildman–Crippen MR) is 122 cm³/mol. The molecular weight excluding hydrogens is 436 g/mol. The molecule has 0 bridgehead atoms. The molecule has 0 aliphatic carbocycles. The monoisotopic (exact) mass is 470 g/mol. The van der Waals surface area contributed by atoms with Crippen molar-refractivity contribution in [2.75, 3.05) is 12.0 Å². The molecule has 1 aromatic heterocycles. The molecule has 5 atom stereocenters. The molecule has 0 spiro atoms. The molecule has 0 saturated heterocycles. The van der Waals surface area contributed by atoms with Gasteiger partial charge in [-0.25, -0.2) is 9.78 Å². The lowest BCUT2D eigenvalue weighted by Gasteiger charge is -2.28. The number of carbonyl (C=O) groups is 4. The lowest BCUT2D eigenvalue weighted by Crippen LogP contribution is -2.59. The van der Waals surface area contributed by atoms with Gasteiger partial charge < -0.3 is 31.8 Å². The van der Waals surface area contributed by atoms with E-state index < -0.39 is 47.9 Å². The standard InChI is InChI=1S/C20H34N6O5S/c1-5-11(2)16(19(29)24-14(20(30)31)6-7-32-4)26-18(28)15(25-17(27)12(3)21)8-13-9-22-10-23-13/h9-12,14-16H,5-8,21H2,1-4H3,(H,22,23)(H,24,29)(H,25,27)(H,26,28)(H,30,31). The highest BCUT2D eigenvalue weighted by Crippen LogP contribution is 2.11. The van der Waals surface area contributed by atoms with E-state index in [-0.39, 0.29) is 18.8 Å². The number of carboxylic acid groups (broad SMARTS) is 1. The van der Waals surface area contributed by atoms with Gasteiger partial charge in [0, 0.05) is 18.3 Å². The first kappa shape index (κ1) is 27.4. The number of carbonyl (C=O) groups excluding carboxylic acids is 3. The van der Waals surface area contributed by atoms with E-state index in [9.17, 15) is 24.3 Å². The summed E-state index contributed by atoms with van der Waals surface area (Å²) >= 11 is 1.47. The minimum Gasteiger partial charge on any atom is -0.480 e. The molecule has 1 heterocycles. The number of amides is 3. The fourth-order valence-corrected chi connectivity index (χ4v) is 3.31. The van der Waals surface area contributed by atoms with Gasteiger partial charge >= 0.3 is 5.97 Å². The molecule has 1 aromatic rings. The number of aromatic nitrogens is 2. The van der Waals surface area contributed by atoms with Crippen LogP contribution in [-0.2, 0) is 25.6 Å². The number of hydrogen-bond donors (Lipinski definition) is 6. The Kier molecular flexibility index (Phi) is 11.8. The first-order valence-corrected chi connectivity index (χ1v) is 11.9. The smallest absolute Gasteiger partial charge is 0.326 e. The summed E-state index contributed by atoms with van der Waals surface area (Å²) in [6.07, 6.45) is 5.77. The average Bonchev–Trinajstić information content (AvgIpc) is 3.26. The Bertz CT molecular complexity index is 758. The van der Waals surface area contributed by atoms with Gasteiger partial charge in [0.05, 0.1) is 12.4 Å². The molecule has 12 heteroatoms.